The van der Waals surface area contributed by atoms with Crippen LogP contribution in [0.15, 0.2) is 0 Å². The van der Waals surface area contributed by atoms with Gasteiger partial charge in [0.2, 0.25) is 0 Å². The van der Waals surface area contributed by atoms with Crippen LogP contribution >= 0.6 is 0 Å². The Hall–Kier alpha value is -0.480. The number of hydrogen-bond donors (Lipinski definition) is 1. The van der Waals surface area contributed by atoms with E-state index in [-0.39, 0.29) is 12.5 Å². The molecule has 3 atom stereocenters. The molecule has 1 N–H and O–H groups in total. The molecule has 0 aromatic heterocycles. The molecule has 0 aliphatic carbocycles. The molecule has 1 heterocycles. The van der Waals surface area contributed by atoms with Crippen LogP contribution in [0, 0.1) is 11.8 Å². The van der Waals surface area contributed by atoms with Crippen molar-refractivity contribution in [1.29, 1.82) is 0 Å². The van der Waals surface area contributed by atoms with E-state index >= 15 is 0 Å². The molecule has 1 saturated heterocycles. The Bertz CT molecular complexity index is 160. The number of rotatable bonds is 2. The first-order valence-corrected chi connectivity index (χ1v) is 3.55. The van der Waals surface area contributed by atoms with Gasteiger partial charge in [-0.1, -0.05) is 6.92 Å². The maximum absolute atomic E-state index is 11.9. The summed E-state index contributed by atoms with van der Waals surface area (Å²) in [5.74, 6) is -1.22. The fraction of sp³-hybridized carbons (Fsp3) is 0.857. The normalized spacial score (nSPS) is 37.5. The van der Waals surface area contributed by atoms with Gasteiger partial charge in [-0.05, 0) is 0 Å². The fourth-order valence-corrected chi connectivity index (χ4v) is 1.19. The molecule has 0 amide bonds. The molecule has 11 heavy (non-hydrogen) atoms. The third-order valence-corrected chi connectivity index (χ3v) is 2.08. The Balaban J connectivity index is 2.54. The Morgan fingerprint density at radius 2 is 2.45 bits per heavy atom. The van der Waals surface area contributed by atoms with E-state index in [1.54, 1.807) is 6.92 Å². The van der Waals surface area contributed by atoms with Gasteiger partial charge in [-0.2, -0.15) is 0 Å². The molecule has 1 aliphatic heterocycles. The van der Waals surface area contributed by atoms with Crippen LogP contribution in [0.4, 0.5) is 4.39 Å². The lowest BCUT2D eigenvalue weighted by molar-refractivity contribution is -0.124. The van der Waals surface area contributed by atoms with Crippen molar-refractivity contribution >= 4 is 5.78 Å². The van der Waals surface area contributed by atoms with E-state index in [0.717, 1.165) is 0 Å². The smallest absolute Gasteiger partial charge is 0.169 e. The SMILES string of the molecule is C[C@@H]1[C@@H](C(=O)CF)CO[C@@H]1O. The van der Waals surface area contributed by atoms with Crippen molar-refractivity contribution in [3.8, 4) is 0 Å². The quantitative estimate of drug-likeness (QED) is 0.627. The van der Waals surface area contributed by atoms with Crippen molar-refractivity contribution in [3.05, 3.63) is 0 Å². The highest BCUT2D eigenvalue weighted by Crippen LogP contribution is 2.25. The van der Waals surface area contributed by atoms with E-state index in [0.29, 0.717) is 0 Å². The Morgan fingerprint density at radius 3 is 2.82 bits per heavy atom. The molecule has 0 aromatic carbocycles. The minimum atomic E-state index is -0.967. The van der Waals surface area contributed by atoms with Gasteiger partial charge in [-0.3, -0.25) is 4.79 Å². The van der Waals surface area contributed by atoms with Crippen LogP contribution in [-0.4, -0.2) is 30.5 Å². The number of aliphatic hydroxyl groups excluding tert-OH is 1. The number of carbonyl (C=O) groups is 1. The maximum atomic E-state index is 11.9. The second-order valence-electron chi connectivity index (χ2n) is 2.79. The molecule has 0 unspecified atom stereocenters. The van der Waals surface area contributed by atoms with Gasteiger partial charge in [-0.25, -0.2) is 4.39 Å². The van der Waals surface area contributed by atoms with Gasteiger partial charge in [0, 0.05) is 5.92 Å². The Kier molecular flexibility index (Phi) is 2.57. The summed E-state index contributed by atoms with van der Waals surface area (Å²) in [7, 11) is 0. The number of carbonyl (C=O) groups excluding carboxylic acids is 1. The lowest BCUT2D eigenvalue weighted by atomic mass is 9.93. The summed E-state index contributed by atoms with van der Waals surface area (Å²) in [6.45, 7) is 0.853. The molecule has 0 aromatic rings. The molecule has 64 valence electrons. The third-order valence-electron chi connectivity index (χ3n) is 2.08. The number of aliphatic hydroxyl groups is 1. The van der Waals surface area contributed by atoms with E-state index in [4.69, 9.17) is 9.84 Å². The van der Waals surface area contributed by atoms with E-state index in [1.807, 2.05) is 0 Å². The Morgan fingerprint density at radius 1 is 1.82 bits per heavy atom. The second-order valence-corrected chi connectivity index (χ2v) is 2.79. The number of Topliss-reactive ketones (excluding diaryl/α,β-unsaturated/α-hetero) is 1. The average molecular weight is 162 g/mol. The van der Waals surface area contributed by atoms with Crippen LogP contribution in [0.3, 0.4) is 0 Å². The fourth-order valence-electron chi connectivity index (χ4n) is 1.19. The van der Waals surface area contributed by atoms with Crippen LogP contribution in [0.5, 0.6) is 0 Å². The predicted molar refractivity (Wildman–Crippen MR) is 35.6 cm³/mol. The molecule has 0 saturated carbocycles. The van der Waals surface area contributed by atoms with E-state index in [2.05, 4.69) is 0 Å². The zero-order valence-corrected chi connectivity index (χ0v) is 6.29. The van der Waals surface area contributed by atoms with Gasteiger partial charge < -0.3 is 9.84 Å². The van der Waals surface area contributed by atoms with Crippen molar-refractivity contribution in [2.75, 3.05) is 13.3 Å². The molecule has 0 radical (unpaired) electrons. The lowest BCUT2D eigenvalue weighted by Crippen LogP contribution is -2.24. The molecular formula is C7H11FO3. The van der Waals surface area contributed by atoms with Gasteiger partial charge in [0.1, 0.15) is 6.67 Å². The molecule has 1 rings (SSSR count). The third kappa shape index (κ3) is 1.57. The average Bonchev–Trinajstić information content (AvgIpc) is 2.32. The summed E-state index contributed by atoms with van der Waals surface area (Å²) in [4.78, 5) is 10.8. The summed E-state index contributed by atoms with van der Waals surface area (Å²) in [5, 5.41) is 9.02. The molecule has 1 fully saturated rings. The monoisotopic (exact) mass is 162 g/mol. The number of halogens is 1. The number of ether oxygens (including phenoxy) is 1. The van der Waals surface area contributed by atoms with Crippen molar-refractivity contribution in [3.63, 3.8) is 0 Å². The molecule has 0 spiro atoms. The zero-order chi connectivity index (χ0) is 8.43. The van der Waals surface area contributed by atoms with Crippen molar-refractivity contribution in [1.82, 2.24) is 0 Å². The highest BCUT2D eigenvalue weighted by molar-refractivity contribution is 5.82. The predicted octanol–water partition coefficient (Wildman–Crippen LogP) is 0.126. The number of hydrogen-bond acceptors (Lipinski definition) is 3. The van der Waals surface area contributed by atoms with Gasteiger partial charge in [0.25, 0.3) is 0 Å². The first-order chi connectivity index (χ1) is 5.16. The molecule has 4 heteroatoms. The van der Waals surface area contributed by atoms with E-state index in [9.17, 15) is 9.18 Å². The highest BCUT2D eigenvalue weighted by Gasteiger charge is 2.36. The van der Waals surface area contributed by atoms with E-state index < -0.39 is 24.7 Å². The van der Waals surface area contributed by atoms with Crippen molar-refractivity contribution in [2.24, 2.45) is 11.8 Å². The molecule has 3 nitrogen and oxygen atoms in total. The first kappa shape index (κ1) is 8.62. The number of alkyl halides is 1. The van der Waals surface area contributed by atoms with Crippen molar-refractivity contribution in [2.45, 2.75) is 13.2 Å². The van der Waals surface area contributed by atoms with Crippen LogP contribution in [0.25, 0.3) is 0 Å². The van der Waals surface area contributed by atoms with Gasteiger partial charge in [0.15, 0.2) is 12.1 Å². The highest BCUT2D eigenvalue weighted by atomic mass is 19.1. The van der Waals surface area contributed by atoms with Crippen molar-refractivity contribution < 1.29 is 19.0 Å². The minimum Gasteiger partial charge on any atom is -0.368 e. The summed E-state index contributed by atoms with van der Waals surface area (Å²) >= 11 is 0. The molecular weight excluding hydrogens is 151 g/mol. The van der Waals surface area contributed by atoms with Gasteiger partial charge in [-0.15, -0.1) is 0 Å². The minimum absolute atomic E-state index is 0.144. The largest absolute Gasteiger partial charge is 0.368 e. The van der Waals surface area contributed by atoms with Crippen LogP contribution < -0.4 is 0 Å². The van der Waals surface area contributed by atoms with Crippen LogP contribution in [0.1, 0.15) is 6.92 Å². The molecule has 1 aliphatic rings. The first-order valence-electron chi connectivity index (χ1n) is 3.55. The number of ketones is 1. The maximum Gasteiger partial charge on any atom is 0.169 e. The summed E-state index contributed by atoms with van der Waals surface area (Å²) in [6.07, 6.45) is -0.907. The Labute approximate surface area is 64.2 Å². The van der Waals surface area contributed by atoms with Crippen LogP contribution in [0.2, 0.25) is 0 Å². The lowest BCUT2D eigenvalue weighted by Gasteiger charge is -2.10. The molecule has 0 bridgehead atoms. The van der Waals surface area contributed by atoms with Gasteiger partial charge >= 0.3 is 0 Å². The topological polar surface area (TPSA) is 46.5 Å². The zero-order valence-electron chi connectivity index (χ0n) is 6.29. The van der Waals surface area contributed by atoms with Gasteiger partial charge in [0.05, 0.1) is 12.5 Å². The summed E-state index contributed by atoms with van der Waals surface area (Å²) in [6, 6.07) is 0. The summed E-state index contributed by atoms with van der Waals surface area (Å²) < 4.78 is 16.6. The van der Waals surface area contributed by atoms with Crippen LogP contribution in [-0.2, 0) is 9.53 Å². The van der Waals surface area contributed by atoms with E-state index in [1.165, 1.54) is 0 Å². The second kappa shape index (κ2) is 3.28. The standard InChI is InChI=1S/C7H11FO3/c1-4-5(6(9)2-8)3-11-7(4)10/h4-5,7,10H,2-3H2,1H3/t4-,5+,7+/m1/s1. The summed E-state index contributed by atoms with van der Waals surface area (Å²) in [5.41, 5.74) is 0.